The van der Waals surface area contributed by atoms with E-state index in [1.54, 1.807) is 47.3 Å². The number of carbonyl (C=O) groups is 1. The number of aromatic nitrogens is 2. The Balaban J connectivity index is 1.43. The lowest BCUT2D eigenvalue weighted by Gasteiger charge is -2.10. The molecule has 0 saturated heterocycles. The van der Waals surface area contributed by atoms with E-state index in [-0.39, 0.29) is 18.3 Å². The zero-order chi connectivity index (χ0) is 23.4. The molecule has 0 atom stereocenters. The van der Waals surface area contributed by atoms with E-state index in [1.165, 1.54) is 0 Å². The van der Waals surface area contributed by atoms with E-state index in [0.717, 1.165) is 11.1 Å². The lowest BCUT2D eigenvalue weighted by Crippen LogP contribution is -2.13. The van der Waals surface area contributed by atoms with Crippen molar-refractivity contribution in [2.24, 2.45) is 0 Å². The molecule has 0 bridgehead atoms. The first kappa shape index (κ1) is 23.5. The quantitative estimate of drug-likeness (QED) is 0.276. The molecule has 4 rings (SSSR count). The highest BCUT2D eigenvalue weighted by Crippen LogP contribution is 2.32. The van der Waals surface area contributed by atoms with Crippen LogP contribution in [-0.2, 0) is 13.2 Å². The normalized spacial score (nSPS) is 10.8. The summed E-state index contributed by atoms with van der Waals surface area (Å²) in [5, 5.41) is 8.83. The monoisotopic (exact) mass is 519 g/mol. The van der Waals surface area contributed by atoms with Crippen molar-refractivity contribution < 1.29 is 9.53 Å². The van der Waals surface area contributed by atoms with Crippen molar-refractivity contribution in [2.75, 3.05) is 5.32 Å². The first-order valence-electron chi connectivity index (χ1n) is 9.84. The van der Waals surface area contributed by atoms with Gasteiger partial charge in [-0.15, -0.1) is 0 Å². The molecule has 0 fully saturated rings. The van der Waals surface area contributed by atoms with Crippen LogP contribution >= 0.6 is 46.4 Å². The van der Waals surface area contributed by atoms with Crippen molar-refractivity contribution in [3.8, 4) is 5.75 Å². The Bertz CT molecular complexity index is 1310. The Morgan fingerprint density at radius 3 is 2.48 bits per heavy atom. The van der Waals surface area contributed by atoms with Gasteiger partial charge in [0.15, 0.2) is 5.82 Å². The van der Waals surface area contributed by atoms with Crippen molar-refractivity contribution in [3.63, 3.8) is 0 Å². The van der Waals surface area contributed by atoms with Crippen LogP contribution in [0.4, 0.5) is 5.82 Å². The maximum absolute atomic E-state index is 12.8. The highest BCUT2D eigenvalue weighted by molar-refractivity contribution is 6.42. The molecule has 0 saturated carbocycles. The first-order chi connectivity index (χ1) is 15.9. The molecule has 0 aliphatic carbocycles. The molecule has 33 heavy (non-hydrogen) atoms. The Labute approximate surface area is 210 Å². The van der Waals surface area contributed by atoms with Crippen LogP contribution in [0.15, 0.2) is 72.9 Å². The van der Waals surface area contributed by atoms with Gasteiger partial charge in [0.1, 0.15) is 22.4 Å². The van der Waals surface area contributed by atoms with Gasteiger partial charge >= 0.3 is 0 Å². The third-order valence-electron chi connectivity index (χ3n) is 4.74. The van der Waals surface area contributed by atoms with Gasteiger partial charge in [-0.1, -0.05) is 82.8 Å². The van der Waals surface area contributed by atoms with E-state index >= 15 is 0 Å². The molecule has 0 aliphatic rings. The maximum atomic E-state index is 12.8. The van der Waals surface area contributed by atoms with Gasteiger partial charge in [0.2, 0.25) is 0 Å². The predicted octanol–water partition coefficient (Wildman–Crippen LogP) is 7.38. The van der Waals surface area contributed by atoms with Gasteiger partial charge in [-0.25, -0.2) is 0 Å². The molecule has 168 valence electrons. The SMILES string of the molecule is O=C(Nc1nn(Cc2ccccc2Cl)cc1Cl)c1cccc(COc2cccc(Cl)c2Cl)c1. The number of ether oxygens (including phenoxy) is 1. The molecule has 4 aromatic rings. The number of nitrogens with one attached hydrogen (secondary N) is 1. The third-order valence-corrected chi connectivity index (χ3v) is 6.19. The molecule has 0 aliphatic heterocycles. The van der Waals surface area contributed by atoms with Gasteiger partial charge in [-0.2, -0.15) is 5.10 Å². The van der Waals surface area contributed by atoms with E-state index < -0.39 is 0 Å². The summed E-state index contributed by atoms with van der Waals surface area (Å²) in [4.78, 5) is 12.8. The number of benzene rings is 3. The van der Waals surface area contributed by atoms with Crippen LogP contribution in [0.25, 0.3) is 0 Å². The number of carbonyl (C=O) groups excluding carboxylic acids is 1. The molecule has 1 N–H and O–H groups in total. The van der Waals surface area contributed by atoms with Crippen molar-refractivity contribution in [2.45, 2.75) is 13.2 Å². The Morgan fingerprint density at radius 1 is 0.909 bits per heavy atom. The van der Waals surface area contributed by atoms with Crippen molar-refractivity contribution in [3.05, 3.63) is 110 Å². The molecular weight excluding hydrogens is 504 g/mol. The lowest BCUT2D eigenvalue weighted by atomic mass is 10.1. The summed E-state index contributed by atoms with van der Waals surface area (Å²) in [5.41, 5.74) is 2.11. The summed E-state index contributed by atoms with van der Waals surface area (Å²) < 4.78 is 7.37. The second-order valence-electron chi connectivity index (χ2n) is 7.11. The second kappa shape index (κ2) is 10.5. The van der Waals surface area contributed by atoms with E-state index in [4.69, 9.17) is 51.1 Å². The molecule has 0 spiro atoms. The van der Waals surface area contributed by atoms with Gasteiger partial charge in [-0.3, -0.25) is 9.48 Å². The van der Waals surface area contributed by atoms with Crippen molar-refractivity contribution in [1.82, 2.24) is 9.78 Å². The average molecular weight is 521 g/mol. The first-order valence-corrected chi connectivity index (χ1v) is 11.4. The topological polar surface area (TPSA) is 56.2 Å². The standard InChI is InChI=1S/C24H17Cl4N3O2/c25-18-8-2-1-6-17(18)12-31-13-20(27)23(30-31)29-24(32)16-7-3-5-15(11-16)14-33-21-10-4-9-19(26)22(21)28/h1-11,13H,12,14H2,(H,29,30,32). The fourth-order valence-corrected chi connectivity index (χ4v) is 3.84. The average Bonchev–Trinajstić information content (AvgIpc) is 3.15. The van der Waals surface area contributed by atoms with Crippen LogP contribution in [-0.4, -0.2) is 15.7 Å². The van der Waals surface area contributed by atoms with Crippen LogP contribution in [0.5, 0.6) is 5.75 Å². The van der Waals surface area contributed by atoms with Crippen LogP contribution in [0.3, 0.4) is 0 Å². The number of nitrogens with zero attached hydrogens (tertiary/aromatic N) is 2. The molecule has 3 aromatic carbocycles. The van der Waals surface area contributed by atoms with Gasteiger partial charge < -0.3 is 10.1 Å². The molecule has 1 heterocycles. The smallest absolute Gasteiger partial charge is 0.256 e. The van der Waals surface area contributed by atoms with Gasteiger partial charge in [0, 0.05) is 16.8 Å². The molecule has 0 radical (unpaired) electrons. The minimum atomic E-state index is -0.345. The van der Waals surface area contributed by atoms with Gasteiger partial charge in [0.25, 0.3) is 5.91 Å². The molecule has 5 nitrogen and oxygen atoms in total. The number of hydrogen-bond donors (Lipinski definition) is 1. The fraction of sp³-hybridized carbons (Fsp3) is 0.0833. The van der Waals surface area contributed by atoms with Gasteiger partial charge in [0.05, 0.1) is 11.6 Å². The van der Waals surface area contributed by atoms with Crippen molar-refractivity contribution >= 4 is 58.1 Å². The summed E-state index contributed by atoms with van der Waals surface area (Å²) in [6.07, 6.45) is 1.64. The van der Waals surface area contributed by atoms with E-state index in [0.29, 0.717) is 37.9 Å². The Morgan fingerprint density at radius 2 is 1.67 bits per heavy atom. The van der Waals surface area contributed by atoms with Crippen LogP contribution < -0.4 is 10.1 Å². The van der Waals surface area contributed by atoms with E-state index in [9.17, 15) is 4.79 Å². The van der Waals surface area contributed by atoms with Crippen molar-refractivity contribution in [1.29, 1.82) is 0 Å². The molecule has 1 aromatic heterocycles. The highest BCUT2D eigenvalue weighted by Gasteiger charge is 2.14. The fourth-order valence-electron chi connectivity index (χ4n) is 3.10. The molecule has 1 amide bonds. The molecule has 0 unspecified atom stereocenters. The number of hydrogen-bond acceptors (Lipinski definition) is 3. The van der Waals surface area contributed by atoms with Gasteiger partial charge in [-0.05, 0) is 41.5 Å². The van der Waals surface area contributed by atoms with E-state index in [2.05, 4.69) is 10.4 Å². The number of amides is 1. The molecule has 9 heteroatoms. The zero-order valence-electron chi connectivity index (χ0n) is 17.1. The Hall–Kier alpha value is -2.70. The predicted molar refractivity (Wildman–Crippen MR) is 133 cm³/mol. The zero-order valence-corrected chi connectivity index (χ0v) is 20.1. The number of anilines is 1. The maximum Gasteiger partial charge on any atom is 0.256 e. The Kier molecular flexibility index (Phi) is 7.46. The minimum absolute atomic E-state index is 0.217. The molecular formula is C24H17Cl4N3O2. The summed E-state index contributed by atoms with van der Waals surface area (Å²) in [6, 6.07) is 19.7. The summed E-state index contributed by atoms with van der Waals surface area (Å²) >= 11 is 24.7. The van der Waals surface area contributed by atoms with Crippen LogP contribution in [0.2, 0.25) is 20.1 Å². The summed E-state index contributed by atoms with van der Waals surface area (Å²) in [7, 11) is 0. The number of rotatable bonds is 7. The van der Waals surface area contributed by atoms with E-state index in [1.807, 2.05) is 30.3 Å². The number of halogens is 4. The summed E-state index contributed by atoms with van der Waals surface area (Å²) in [6.45, 7) is 0.641. The van der Waals surface area contributed by atoms with Crippen LogP contribution in [0.1, 0.15) is 21.5 Å². The second-order valence-corrected chi connectivity index (χ2v) is 8.71. The minimum Gasteiger partial charge on any atom is -0.487 e. The third kappa shape index (κ3) is 5.81. The highest BCUT2D eigenvalue weighted by atomic mass is 35.5. The lowest BCUT2D eigenvalue weighted by molar-refractivity contribution is 0.102. The van der Waals surface area contributed by atoms with Crippen LogP contribution in [0, 0.1) is 0 Å². The summed E-state index contributed by atoms with van der Waals surface area (Å²) in [5.74, 6) is 0.387. The largest absolute Gasteiger partial charge is 0.487 e.